The van der Waals surface area contributed by atoms with E-state index in [2.05, 4.69) is 18.7 Å². The highest BCUT2D eigenvalue weighted by atomic mass is 32.2. The third kappa shape index (κ3) is 2.14. The molecule has 2 aliphatic heterocycles. The highest BCUT2D eigenvalue weighted by molar-refractivity contribution is 7.91. The Kier molecular flexibility index (Phi) is 3.43. The third-order valence-corrected chi connectivity index (χ3v) is 7.03. The lowest BCUT2D eigenvalue weighted by atomic mass is 9.82. The minimum atomic E-state index is -3.17. The summed E-state index contributed by atoms with van der Waals surface area (Å²) in [5, 5.41) is 0. The van der Waals surface area contributed by atoms with Crippen LogP contribution in [0.2, 0.25) is 0 Å². The zero-order valence-electron chi connectivity index (χ0n) is 12.8. The molecular weight excluding hydrogens is 284 g/mol. The molecule has 1 unspecified atom stereocenters. The van der Waals surface area contributed by atoms with Gasteiger partial charge in [-0.2, -0.15) is 0 Å². The Bertz CT molecular complexity index is 654. The molecule has 0 spiro atoms. The Hall–Kier alpha value is -0.910. The maximum absolute atomic E-state index is 12.4. The van der Waals surface area contributed by atoms with Gasteiger partial charge in [0.15, 0.2) is 9.84 Å². The van der Waals surface area contributed by atoms with Crippen LogP contribution in [-0.4, -0.2) is 37.7 Å². The molecule has 4 nitrogen and oxygen atoms in total. The first kappa shape index (κ1) is 15.0. The lowest BCUT2D eigenvalue weighted by Crippen LogP contribution is -2.59. The molecule has 0 radical (unpaired) electrons. The zero-order chi connectivity index (χ0) is 15.3. The van der Waals surface area contributed by atoms with Gasteiger partial charge < -0.3 is 5.73 Å². The van der Waals surface area contributed by atoms with Crippen LogP contribution in [0.4, 0.5) is 0 Å². The predicted molar refractivity (Wildman–Crippen MR) is 83.9 cm³/mol. The fourth-order valence-electron chi connectivity index (χ4n) is 4.17. The van der Waals surface area contributed by atoms with Gasteiger partial charge in [0.05, 0.1) is 16.2 Å². The van der Waals surface area contributed by atoms with Crippen molar-refractivity contribution in [1.29, 1.82) is 0 Å². The highest BCUT2D eigenvalue weighted by Crippen LogP contribution is 2.46. The van der Waals surface area contributed by atoms with E-state index in [0.29, 0.717) is 17.9 Å². The van der Waals surface area contributed by atoms with Crippen molar-refractivity contribution in [2.24, 2.45) is 5.73 Å². The molecule has 0 saturated carbocycles. The average molecular weight is 308 g/mol. The Labute approximate surface area is 127 Å². The maximum Gasteiger partial charge on any atom is 0.178 e. The van der Waals surface area contributed by atoms with Gasteiger partial charge in [0.25, 0.3) is 0 Å². The largest absolute Gasteiger partial charge is 0.328 e. The molecule has 21 heavy (non-hydrogen) atoms. The Morgan fingerprint density at radius 2 is 1.95 bits per heavy atom. The number of rotatable bonds is 2. The van der Waals surface area contributed by atoms with Crippen LogP contribution in [0, 0.1) is 0 Å². The first-order valence-electron chi connectivity index (χ1n) is 7.64. The molecule has 2 heterocycles. The minimum absolute atomic E-state index is 0.0631. The summed E-state index contributed by atoms with van der Waals surface area (Å²) in [6, 6.07) is 7.41. The van der Waals surface area contributed by atoms with Gasteiger partial charge in [-0.05, 0) is 51.3 Å². The smallest absolute Gasteiger partial charge is 0.178 e. The van der Waals surface area contributed by atoms with Crippen LogP contribution >= 0.6 is 0 Å². The van der Waals surface area contributed by atoms with E-state index in [9.17, 15) is 8.42 Å². The van der Waals surface area contributed by atoms with Crippen LogP contribution in [-0.2, 0) is 15.4 Å². The SMILES string of the molecule is CC1(C)CCCN1C1(CN)CCS(=O)(=O)c2ccccc21. The molecule has 2 aliphatic rings. The standard InChI is InChI=1S/C16H24N2O2S/c1-15(2)8-5-10-18(15)16(12-17)9-11-21(19,20)14-7-4-3-6-13(14)16/h3-4,6-7H,5,8-12,17H2,1-2H3. The summed E-state index contributed by atoms with van der Waals surface area (Å²) in [5.74, 6) is 0.188. The number of likely N-dealkylation sites (tertiary alicyclic amines) is 1. The van der Waals surface area contributed by atoms with E-state index in [1.807, 2.05) is 12.1 Å². The molecule has 2 N–H and O–H groups in total. The van der Waals surface area contributed by atoms with Gasteiger partial charge in [0.2, 0.25) is 0 Å². The van der Waals surface area contributed by atoms with Gasteiger partial charge in [-0.3, -0.25) is 4.90 Å². The lowest BCUT2D eigenvalue weighted by Gasteiger charge is -2.50. The monoisotopic (exact) mass is 308 g/mol. The number of hydrogen-bond acceptors (Lipinski definition) is 4. The van der Waals surface area contributed by atoms with Crippen molar-refractivity contribution in [3.05, 3.63) is 29.8 Å². The summed E-state index contributed by atoms with van der Waals surface area (Å²) in [4.78, 5) is 2.93. The predicted octanol–water partition coefficient (Wildman–Crippen LogP) is 1.89. The third-order valence-electron chi connectivity index (χ3n) is 5.26. The summed E-state index contributed by atoms with van der Waals surface area (Å²) in [6.45, 7) is 5.92. The second kappa shape index (κ2) is 4.80. The molecule has 3 rings (SSSR count). The van der Waals surface area contributed by atoms with Crippen molar-refractivity contribution >= 4 is 9.84 Å². The maximum atomic E-state index is 12.4. The topological polar surface area (TPSA) is 63.4 Å². The summed E-state index contributed by atoms with van der Waals surface area (Å²) in [5.41, 5.74) is 6.82. The molecule has 5 heteroatoms. The van der Waals surface area contributed by atoms with Gasteiger partial charge in [-0.1, -0.05) is 18.2 Å². The van der Waals surface area contributed by atoms with Crippen LogP contribution in [0.5, 0.6) is 0 Å². The number of fused-ring (bicyclic) bond motifs is 1. The number of benzene rings is 1. The van der Waals surface area contributed by atoms with E-state index in [0.717, 1.165) is 24.9 Å². The van der Waals surface area contributed by atoms with Crippen LogP contribution in [0.3, 0.4) is 0 Å². The molecular formula is C16H24N2O2S. The van der Waals surface area contributed by atoms with E-state index in [1.165, 1.54) is 0 Å². The summed E-state index contributed by atoms with van der Waals surface area (Å²) >= 11 is 0. The number of hydrogen-bond donors (Lipinski definition) is 1. The van der Waals surface area contributed by atoms with Crippen molar-refractivity contribution in [1.82, 2.24) is 4.90 Å². The molecule has 0 bridgehead atoms. The van der Waals surface area contributed by atoms with Gasteiger partial charge in [0, 0.05) is 12.1 Å². The van der Waals surface area contributed by atoms with Gasteiger partial charge in [0.1, 0.15) is 0 Å². The van der Waals surface area contributed by atoms with Crippen molar-refractivity contribution in [2.45, 2.75) is 49.1 Å². The first-order valence-corrected chi connectivity index (χ1v) is 9.29. The molecule has 1 aromatic carbocycles. The fourth-order valence-corrected chi connectivity index (χ4v) is 5.88. The van der Waals surface area contributed by atoms with Gasteiger partial charge >= 0.3 is 0 Å². The van der Waals surface area contributed by atoms with E-state index in [4.69, 9.17) is 5.73 Å². The van der Waals surface area contributed by atoms with Gasteiger partial charge in [-0.25, -0.2) is 8.42 Å². The molecule has 0 aliphatic carbocycles. The van der Waals surface area contributed by atoms with Gasteiger partial charge in [-0.15, -0.1) is 0 Å². The van der Waals surface area contributed by atoms with Crippen LogP contribution in [0.1, 0.15) is 38.7 Å². The van der Waals surface area contributed by atoms with E-state index in [1.54, 1.807) is 12.1 Å². The molecule has 1 atom stereocenters. The van der Waals surface area contributed by atoms with Crippen molar-refractivity contribution in [3.63, 3.8) is 0 Å². The zero-order valence-corrected chi connectivity index (χ0v) is 13.6. The molecule has 1 fully saturated rings. The highest BCUT2D eigenvalue weighted by Gasteiger charge is 2.50. The quantitative estimate of drug-likeness (QED) is 0.906. The Morgan fingerprint density at radius 3 is 2.57 bits per heavy atom. The van der Waals surface area contributed by atoms with Crippen molar-refractivity contribution in [2.75, 3.05) is 18.8 Å². The van der Waals surface area contributed by atoms with Crippen molar-refractivity contribution in [3.8, 4) is 0 Å². The summed E-state index contributed by atoms with van der Waals surface area (Å²) in [6.07, 6.45) is 2.86. The first-order chi connectivity index (χ1) is 9.83. The Balaban J connectivity index is 2.20. The lowest BCUT2D eigenvalue weighted by molar-refractivity contribution is 0.0254. The number of nitrogens with zero attached hydrogens (tertiary/aromatic N) is 1. The fraction of sp³-hybridized carbons (Fsp3) is 0.625. The molecule has 0 aromatic heterocycles. The van der Waals surface area contributed by atoms with E-state index in [-0.39, 0.29) is 16.8 Å². The molecule has 116 valence electrons. The number of sulfone groups is 1. The molecule has 0 amide bonds. The van der Waals surface area contributed by atoms with Crippen LogP contribution < -0.4 is 5.73 Å². The average Bonchev–Trinajstić information content (AvgIpc) is 2.80. The van der Waals surface area contributed by atoms with Crippen LogP contribution in [0.15, 0.2) is 29.2 Å². The summed E-state index contributed by atoms with van der Waals surface area (Å²) in [7, 11) is -3.17. The minimum Gasteiger partial charge on any atom is -0.328 e. The number of nitrogens with two attached hydrogens (primary N) is 1. The van der Waals surface area contributed by atoms with E-state index < -0.39 is 9.84 Å². The second-order valence-electron chi connectivity index (χ2n) is 6.87. The molecule has 1 aromatic rings. The van der Waals surface area contributed by atoms with E-state index >= 15 is 0 Å². The Morgan fingerprint density at radius 1 is 1.24 bits per heavy atom. The molecule has 1 saturated heterocycles. The normalized spacial score (nSPS) is 31.0. The van der Waals surface area contributed by atoms with Crippen LogP contribution in [0.25, 0.3) is 0 Å². The van der Waals surface area contributed by atoms with Crippen molar-refractivity contribution < 1.29 is 8.42 Å². The summed E-state index contributed by atoms with van der Waals surface area (Å²) < 4.78 is 24.8. The second-order valence-corrected chi connectivity index (χ2v) is 8.95.